The highest BCUT2D eigenvalue weighted by Gasteiger charge is 2.13. The average molecular weight is 375 g/mol. The van der Waals surface area contributed by atoms with Gasteiger partial charge >= 0.3 is 0 Å². The Morgan fingerprint density at radius 3 is 2.60 bits per heavy atom. The Balaban J connectivity index is 1.91. The molecule has 9 heteroatoms. The molecule has 7 nitrogen and oxygen atoms in total. The van der Waals surface area contributed by atoms with E-state index >= 15 is 0 Å². The lowest BCUT2D eigenvalue weighted by atomic mass is 10.3. The highest BCUT2D eigenvalue weighted by molar-refractivity contribution is 7.89. The first-order chi connectivity index (χ1) is 11.9. The zero-order chi connectivity index (χ0) is 18.0. The van der Waals surface area contributed by atoms with E-state index in [1.165, 1.54) is 19.2 Å². The number of anilines is 2. The van der Waals surface area contributed by atoms with Crippen molar-refractivity contribution in [3.8, 4) is 10.6 Å². The maximum atomic E-state index is 11.9. The Morgan fingerprint density at radius 2 is 1.92 bits per heavy atom. The van der Waals surface area contributed by atoms with E-state index in [4.69, 9.17) is 0 Å². The molecule has 0 atom stereocenters. The first-order valence-electron chi connectivity index (χ1n) is 7.47. The molecule has 3 rings (SSSR count). The molecule has 0 saturated carbocycles. The van der Waals surface area contributed by atoms with Crippen LogP contribution in [0.15, 0.2) is 41.4 Å². The molecule has 0 spiro atoms. The molecule has 0 amide bonds. The van der Waals surface area contributed by atoms with Crippen LogP contribution in [0.5, 0.6) is 0 Å². The van der Waals surface area contributed by atoms with Crippen LogP contribution in [-0.2, 0) is 10.0 Å². The fraction of sp³-hybridized carbons (Fsp3) is 0.188. The van der Waals surface area contributed by atoms with Crippen molar-refractivity contribution in [3.63, 3.8) is 0 Å². The van der Waals surface area contributed by atoms with Gasteiger partial charge in [-0.1, -0.05) is 6.07 Å². The molecule has 0 unspecified atom stereocenters. The van der Waals surface area contributed by atoms with E-state index in [9.17, 15) is 8.42 Å². The van der Waals surface area contributed by atoms with E-state index in [1.54, 1.807) is 29.7 Å². The average Bonchev–Trinajstić information content (AvgIpc) is 2.94. The second-order valence-electron chi connectivity index (χ2n) is 5.27. The third kappa shape index (κ3) is 3.84. The van der Waals surface area contributed by atoms with Crippen LogP contribution < -0.4 is 10.0 Å². The van der Waals surface area contributed by atoms with Crippen LogP contribution in [0.2, 0.25) is 0 Å². The van der Waals surface area contributed by atoms with Gasteiger partial charge in [-0.05, 0) is 45.2 Å². The molecule has 0 aliphatic carbocycles. The van der Waals surface area contributed by atoms with Gasteiger partial charge in [0.15, 0.2) is 0 Å². The van der Waals surface area contributed by atoms with E-state index < -0.39 is 10.0 Å². The molecule has 3 aromatic rings. The number of hydrogen-bond acceptors (Lipinski definition) is 7. The minimum Gasteiger partial charge on any atom is -0.324 e. The molecule has 0 saturated heterocycles. The molecule has 0 aliphatic heterocycles. The van der Waals surface area contributed by atoms with Crippen molar-refractivity contribution >= 4 is 33.0 Å². The molecular weight excluding hydrogens is 358 g/mol. The lowest BCUT2D eigenvalue weighted by Gasteiger charge is -2.08. The van der Waals surface area contributed by atoms with Crippen molar-refractivity contribution in [2.75, 3.05) is 12.4 Å². The Morgan fingerprint density at radius 1 is 1.12 bits per heavy atom. The Labute approximate surface area is 150 Å². The number of nitrogens with zero attached hydrogens (tertiary/aromatic N) is 3. The quantitative estimate of drug-likeness (QED) is 0.712. The van der Waals surface area contributed by atoms with Gasteiger partial charge in [0.25, 0.3) is 0 Å². The largest absolute Gasteiger partial charge is 0.324 e. The number of benzene rings is 1. The molecule has 0 radical (unpaired) electrons. The SMILES string of the molecule is CNS(=O)(=O)c1cccc(Nc2nccc(-c3sc(C)nc3C)n2)c1. The van der Waals surface area contributed by atoms with Gasteiger partial charge < -0.3 is 5.32 Å². The van der Waals surface area contributed by atoms with Gasteiger partial charge in [0, 0.05) is 11.9 Å². The number of aryl methyl sites for hydroxylation is 2. The molecule has 0 fully saturated rings. The van der Waals surface area contributed by atoms with Crippen molar-refractivity contribution < 1.29 is 8.42 Å². The number of hydrogen-bond donors (Lipinski definition) is 2. The summed E-state index contributed by atoms with van der Waals surface area (Å²) in [6.07, 6.45) is 1.66. The zero-order valence-electron chi connectivity index (χ0n) is 13.9. The summed E-state index contributed by atoms with van der Waals surface area (Å²) in [6.45, 7) is 3.90. The smallest absolute Gasteiger partial charge is 0.240 e. The number of thiazole rings is 1. The summed E-state index contributed by atoms with van der Waals surface area (Å²) < 4.78 is 26.1. The third-order valence-corrected chi connectivity index (χ3v) is 5.97. The molecule has 2 heterocycles. The Kier molecular flexibility index (Phi) is 4.80. The van der Waals surface area contributed by atoms with Crippen LogP contribution in [0.3, 0.4) is 0 Å². The van der Waals surface area contributed by atoms with Crippen LogP contribution in [-0.4, -0.2) is 30.4 Å². The van der Waals surface area contributed by atoms with E-state index in [0.29, 0.717) is 11.6 Å². The van der Waals surface area contributed by atoms with Gasteiger partial charge in [0.1, 0.15) is 0 Å². The summed E-state index contributed by atoms with van der Waals surface area (Å²) in [5.74, 6) is 0.391. The first kappa shape index (κ1) is 17.5. The maximum Gasteiger partial charge on any atom is 0.240 e. The number of sulfonamides is 1. The van der Waals surface area contributed by atoms with E-state index in [1.807, 2.05) is 19.9 Å². The molecular formula is C16H17N5O2S2. The lowest BCUT2D eigenvalue weighted by molar-refractivity contribution is 0.588. The predicted molar refractivity (Wildman–Crippen MR) is 98.6 cm³/mol. The molecule has 1 aromatic carbocycles. The van der Waals surface area contributed by atoms with E-state index in [-0.39, 0.29) is 4.90 Å². The standard InChI is InChI=1S/C16H17N5O2S2/c1-10-15(24-11(2)19-10)14-7-8-18-16(21-14)20-12-5-4-6-13(9-12)25(22,23)17-3/h4-9,17H,1-3H3,(H,18,20,21). The summed E-state index contributed by atoms with van der Waals surface area (Å²) in [5, 5.41) is 4.02. The van der Waals surface area contributed by atoms with Crippen molar-refractivity contribution in [2.45, 2.75) is 18.7 Å². The minimum absolute atomic E-state index is 0.171. The molecule has 130 valence electrons. The lowest BCUT2D eigenvalue weighted by Crippen LogP contribution is -2.18. The Bertz CT molecular complexity index is 1010. The summed E-state index contributed by atoms with van der Waals surface area (Å²) in [6, 6.07) is 8.30. The Hall–Kier alpha value is -2.36. The van der Waals surface area contributed by atoms with Gasteiger partial charge in [-0.2, -0.15) is 0 Å². The fourth-order valence-electron chi connectivity index (χ4n) is 2.30. The maximum absolute atomic E-state index is 11.9. The van der Waals surface area contributed by atoms with Crippen molar-refractivity contribution in [1.29, 1.82) is 0 Å². The second kappa shape index (κ2) is 6.87. The van der Waals surface area contributed by atoms with E-state index in [0.717, 1.165) is 21.3 Å². The molecule has 2 N–H and O–H groups in total. The van der Waals surface area contributed by atoms with Crippen LogP contribution in [0.4, 0.5) is 11.6 Å². The second-order valence-corrected chi connectivity index (χ2v) is 8.36. The molecule has 0 bridgehead atoms. The monoisotopic (exact) mass is 375 g/mol. The first-order valence-corrected chi connectivity index (χ1v) is 9.77. The van der Waals surface area contributed by atoms with Crippen LogP contribution in [0.25, 0.3) is 10.6 Å². The zero-order valence-corrected chi connectivity index (χ0v) is 15.6. The van der Waals surface area contributed by atoms with Crippen molar-refractivity contribution in [1.82, 2.24) is 19.7 Å². The van der Waals surface area contributed by atoms with Crippen LogP contribution >= 0.6 is 11.3 Å². The summed E-state index contributed by atoms with van der Waals surface area (Å²) >= 11 is 1.57. The van der Waals surface area contributed by atoms with E-state index in [2.05, 4.69) is 25.0 Å². The normalized spacial score (nSPS) is 11.5. The third-order valence-electron chi connectivity index (χ3n) is 3.46. The fourth-order valence-corrected chi connectivity index (χ4v) is 3.97. The van der Waals surface area contributed by atoms with Crippen LogP contribution in [0, 0.1) is 13.8 Å². The number of nitrogens with one attached hydrogen (secondary N) is 2. The minimum atomic E-state index is -3.50. The summed E-state index contributed by atoms with van der Waals surface area (Å²) in [4.78, 5) is 14.3. The van der Waals surface area contributed by atoms with Gasteiger partial charge in [0.2, 0.25) is 16.0 Å². The highest BCUT2D eigenvalue weighted by atomic mass is 32.2. The summed E-state index contributed by atoms with van der Waals surface area (Å²) in [7, 11) is -2.13. The number of rotatable bonds is 5. The number of aromatic nitrogens is 3. The topological polar surface area (TPSA) is 96.9 Å². The van der Waals surface area contributed by atoms with Gasteiger partial charge in [-0.15, -0.1) is 11.3 Å². The van der Waals surface area contributed by atoms with Gasteiger partial charge in [-0.3, -0.25) is 0 Å². The van der Waals surface area contributed by atoms with Crippen molar-refractivity contribution in [3.05, 3.63) is 47.2 Å². The highest BCUT2D eigenvalue weighted by Crippen LogP contribution is 2.28. The molecule has 0 aliphatic rings. The van der Waals surface area contributed by atoms with Crippen LogP contribution in [0.1, 0.15) is 10.7 Å². The van der Waals surface area contributed by atoms with Gasteiger partial charge in [-0.25, -0.2) is 28.1 Å². The van der Waals surface area contributed by atoms with Crippen molar-refractivity contribution in [2.24, 2.45) is 0 Å². The molecule has 2 aromatic heterocycles. The molecule has 25 heavy (non-hydrogen) atoms. The summed E-state index contributed by atoms with van der Waals surface area (Å²) in [5.41, 5.74) is 2.29. The predicted octanol–water partition coefficient (Wildman–Crippen LogP) is 2.87. The van der Waals surface area contributed by atoms with Gasteiger partial charge in [0.05, 0.1) is 26.2 Å².